The summed E-state index contributed by atoms with van der Waals surface area (Å²) in [6.45, 7) is 3.78. The van der Waals surface area contributed by atoms with Gasteiger partial charge in [0.25, 0.3) is 0 Å². The Morgan fingerprint density at radius 2 is 1.64 bits per heavy atom. The fourth-order valence-corrected chi connectivity index (χ4v) is 1.27. The summed E-state index contributed by atoms with van der Waals surface area (Å²) in [6, 6.07) is -1.09. The molecule has 0 aromatic carbocycles. The van der Waals surface area contributed by atoms with Crippen LogP contribution in [0.2, 0.25) is 0 Å². The molecule has 0 radical (unpaired) electrons. The van der Waals surface area contributed by atoms with Gasteiger partial charge in [0.1, 0.15) is 6.04 Å². The molecule has 5 heteroatoms. The predicted molar refractivity (Wildman–Crippen MR) is 50.8 cm³/mol. The third-order valence-electron chi connectivity index (χ3n) is 1.96. The van der Waals surface area contributed by atoms with E-state index >= 15 is 0 Å². The van der Waals surface area contributed by atoms with Crippen LogP contribution in [-0.2, 0) is 9.59 Å². The quantitative estimate of drug-likeness (QED) is 0.584. The number of nitrogens with two attached hydrogens (primary N) is 1. The van der Waals surface area contributed by atoms with Gasteiger partial charge in [0.2, 0.25) is 0 Å². The highest BCUT2D eigenvalue weighted by molar-refractivity contribution is 5.75. The molecule has 0 saturated heterocycles. The molecule has 2 atom stereocenters. The summed E-state index contributed by atoms with van der Waals surface area (Å²) in [5, 5.41) is 17.3. The Hall–Kier alpha value is -1.10. The first-order chi connectivity index (χ1) is 6.34. The molecule has 5 nitrogen and oxygen atoms in total. The van der Waals surface area contributed by atoms with Crippen LogP contribution in [0.4, 0.5) is 0 Å². The molecule has 0 heterocycles. The van der Waals surface area contributed by atoms with E-state index in [4.69, 9.17) is 15.9 Å². The standard InChI is InChI=1S/C9H17NO4/c1-5(2)3-6(8(11)12)4-7(10)9(13)14/h5-7H,3-4,10H2,1-2H3,(H,11,12)(H,13,14)/t6-,7-/m1/s1. The van der Waals surface area contributed by atoms with Gasteiger partial charge in [-0.05, 0) is 18.8 Å². The van der Waals surface area contributed by atoms with Gasteiger partial charge in [0.05, 0.1) is 5.92 Å². The van der Waals surface area contributed by atoms with Crippen molar-refractivity contribution in [3.8, 4) is 0 Å². The van der Waals surface area contributed by atoms with Gasteiger partial charge in [0.15, 0.2) is 0 Å². The minimum Gasteiger partial charge on any atom is -0.481 e. The van der Waals surface area contributed by atoms with Crippen LogP contribution >= 0.6 is 0 Å². The van der Waals surface area contributed by atoms with Crippen molar-refractivity contribution in [3.63, 3.8) is 0 Å². The van der Waals surface area contributed by atoms with Gasteiger partial charge >= 0.3 is 11.9 Å². The fourth-order valence-electron chi connectivity index (χ4n) is 1.27. The van der Waals surface area contributed by atoms with Crippen molar-refractivity contribution >= 4 is 11.9 Å². The third-order valence-corrected chi connectivity index (χ3v) is 1.96. The van der Waals surface area contributed by atoms with E-state index in [9.17, 15) is 9.59 Å². The molecule has 14 heavy (non-hydrogen) atoms. The van der Waals surface area contributed by atoms with E-state index in [-0.39, 0.29) is 12.3 Å². The average molecular weight is 203 g/mol. The first-order valence-electron chi connectivity index (χ1n) is 4.55. The summed E-state index contributed by atoms with van der Waals surface area (Å²) in [7, 11) is 0. The minimum absolute atomic E-state index is 0.0111. The number of carboxylic acids is 2. The lowest BCUT2D eigenvalue weighted by Crippen LogP contribution is -2.34. The second-order valence-electron chi connectivity index (χ2n) is 3.85. The number of rotatable bonds is 6. The Morgan fingerprint density at radius 1 is 1.14 bits per heavy atom. The summed E-state index contributed by atoms with van der Waals surface area (Å²) in [5.74, 6) is -2.58. The smallest absolute Gasteiger partial charge is 0.320 e. The largest absolute Gasteiger partial charge is 0.481 e. The topological polar surface area (TPSA) is 101 Å². The Kier molecular flexibility index (Phi) is 5.15. The summed E-state index contributed by atoms with van der Waals surface area (Å²) in [6.07, 6.45) is 0.444. The third kappa shape index (κ3) is 4.81. The molecule has 0 aliphatic heterocycles. The summed E-state index contributed by atoms with van der Waals surface area (Å²) < 4.78 is 0. The molecule has 0 aromatic rings. The van der Waals surface area contributed by atoms with Gasteiger partial charge in [-0.15, -0.1) is 0 Å². The highest BCUT2D eigenvalue weighted by Gasteiger charge is 2.24. The van der Waals surface area contributed by atoms with Gasteiger partial charge in [0, 0.05) is 0 Å². The predicted octanol–water partition coefficient (Wildman–Crippen LogP) is 0.535. The maximum atomic E-state index is 10.7. The number of carboxylic acid groups (broad SMARTS) is 2. The molecule has 0 aliphatic carbocycles. The van der Waals surface area contributed by atoms with Crippen LogP contribution in [0.15, 0.2) is 0 Å². The highest BCUT2D eigenvalue weighted by atomic mass is 16.4. The second-order valence-corrected chi connectivity index (χ2v) is 3.85. The summed E-state index contributed by atoms with van der Waals surface area (Å²) in [4.78, 5) is 21.2. The van der Waals surface area contributed by atoms with E-state index in [1.165, 1.54) is 0 Å². The van der Waals surface area contributed by atoms with E-state index < -0.39 is 23.9 Å². The lowest BCUT2D eigenvalue weighted by molar-refractivity contribution is -0.144. The molecule has 0 spiro atoms. The number of aliphatic carboxylic acids is 2. The van der Waals surface area contributed by atoms with Crippen molar-refractivity contribution in [2.24, 2.45) is 17.6 Å². The van der Waals surface area contributed by atoms with Crippen molar-refractivity contribution in [2.75, 3.05) is 0 Å². The zero-order valence-electron chi connectivity index (χ0n) is 8.43. The van der Waals surface area contributed by atoms with Gasteiger partial charge in [-0.3, -0.25) is 9.59 Å². The molecular weight excluding hydrogens is 186 g/mol. The first-order valence-corrected chi connectivity index (χ1v) is 4.55. The van der Waals surface area contributed by atoms with E-state index in [1.807, 2.05) is 13.8 Å². The first kappa shape index (κ1) is 12.9. The minimum atomic E-state index is -1.15. The van der Waals surface area contributed by atoms with Crippen molar-refractivity contribution in [1.29, 1.82) is 0 Å². The molecule has 0 unspecified atom stereocenters. The van der Waals surface area contributed by atoms with Crippen LogP contribution in [0.25, 0.3) is 0 Å². The van der Waals surface area contributed by atoms with Crippen LogP contribution < -0.4 is 5.73 Å². The van der Waals surface area contributed by atoms with Crippen LogP contribution in [-0.4, -0.2) is 28.2 Å². The lowest BCUT2D eigenvalue weighted by Gasteiger charge is -2.16. The van der Waals surface area contributed by atoms with E-state index in [0.29, 0.717) is 6.42 Å². The zero-order chi connectivity index (χ0) is 11.3. The lowest BCUT2D eigenvalue weighted by atomic mass is 9.91. The van der Waals surface area contributed by atoms with Crippen molar-refractivity contribution < 1.29 is 19.8 Å². The molecule has 0 saturated carbocycles. The van der Waals surface area contributed by atoms with Crippen molar-refractivity contribution in [1.82, 2.24) is 0 Å². The van der Waals surface area contributed by atoms with Crippen LogP contribution in [0.5, 0.6) is 0 Å². The average Bonchev–Trinajstić information content (AvgIpc) is 2.01. The Labute approximate surface area is 82.9 Å². The van der Waals surface area contributed by atoms with Gasteiger partial charge < -0.3 is 15.9 Å². The Bertz CT molecular complexity index is 215. The molecule has 0 rings (SSSR count). The van der Waals surface area contributed by atoms with Crippen LogP contribution in [0.3, 0.4) is 0 Å². The van der Waals surface area contributed by atoms with Crippen LogP contribution in [0, 0.1) is 11.8 Å². The normalized spacial score (nSPS) is 15.1. The molecule has 82 valence electrons. The number of hydrogen-bond donors (Lipinski definition) is 3. The molecule has 0 aromatic heterocycles. The molecular formula is C9H17NO4. The van der Waals surface area contributed by atoms with Crippen molar-refractivity contribution in [2.45, 2.75) is 32.7 Å². The molecule has 0 amide bonds. The maximum Gasteiger partial charge on any atom is 0.320 e. The molecule has 0 aliphatic rings. The summed E-state index contributed by atoms with van der Waals surface area (Å²) >= 11 is 0. The molecule has 4 N–H and O–H groups in total. The van der Waals surface area contributed by atoms with Crippen molar-refractivity contribution in [3.05, 3.63) is 0 Å². The van der Waals surface area contributed by atoms with E-state index in [0.717, 1.165) is 0 Å². The Balaban J connectivity index is 4.23. The number of carbonyl (C=O) groups is 2. The SMILES string of the molecule is CC(C)C[C@H](C[C@@H](N)C(=O)O)C(=O)O. The van der Waals surface area contributed by atoms with Gasteiger partial charge in [-0.25, -0.2) is 0 Å². The monoisotopic (exact) mass is 203 g/mol. The zero-order valence-corrected chi connectivity index (χ0v) is 8.43. The highest BCUT2D eigenvalue weighted by Crippen LogP contribution is 2.17. The fraction of sp³-hybridized carbons (Fsp3) is 0.778. The van der Waals surface area contributed by atoms with Gasteiger partial charge in [-0.2, -0.15) is 0 Å². The number of hydrogen-bond acceptors (Lipinski definition) is 3. The maximum absolute atomic E-state index is 10.7. The van der Waals surface area contributed by atoms with E-state index in [2.05, 4.69) is 0 Å². The van der Waals surface area contributed by atoms with E-state index in [1.54, 1.807) is 0 Å². The Morgan fingerprint density at radius 3 is 1.93 bits per heavy atom. The summed E-state index contributed by atoms with van der Waals surface area (Å²) in [5.41, 5.74) is 5.27. The molecule has 0 fully saturated rings. The van der Waals surface area contributed by atoms with Crippen LogP contribution in [0.1, 0.15) is 26.7 Å². The second kappa shape index (κ2) is 5.59. The van der Waals surface area contributed by atoms with Gasteiger partial charge in [-0.1, -0.05) is 13.8 Å². The molecule has 0 bridgehead atoms.